The maximum Gasteiger partial charge on any atom is 0.255 e. The fraction of sp³-hybridized carbons (Fsp3) is 0.350. The summed E-state index contributed by atoms with van der Waals surface area (Å²) in [6.07, 6.45) is 0. The van der Waals surface area contributed by atoms with Gasteiger partial charge < -0.3 is 23.8 Å². The van der Waals surface area contributed by atoms with Crippen LogP contribution in [0.2, 0.25) is 0 Å². The fourth-order valence-corrected chi connectivity index (χ4v) is 4.33. The quantitative estimate of drug-likeness (QED) is 0.752. The number of nitrogens with zero attached hydrogens (tertiary/aromatic N) is 1. The number of thioether (sulfide) groups is 1. The molecule has 144 valence electrons. The van der Waals surface area contributed by atoms with Crippen molar-refractivity contribution in [2.45, 2.75) is 5.37 Å². The number of hydrogen-bond acceptors (Lipinski definition) is 6. The van der Waals surface area contributed by atoms with Gasteiger partial charge in [-0.2, -0.15) is 0 Å². The summed E-state index contributed by atoms with van der Waals surface area (Å²) in [4.78, 5) is 15.1. The molecule has 0 spiro atoms. The summed E-state index contributed by atoms with van der Waals surface area (Å²) in [5, 5.41) is -0.153. The van der Waals surface area contributed by atoms with E-state index < -0.39 is 0 Å². The molecule has 1 atom stereocenters. The summed E-state index contributed by atoms with van der Waals surface area (Å²) in [5.41, 5.74) is 1.45. The SMILES string of the molecule is COc1cc(OC)cc(C(=O)N2CCS[C@@H]2c2cc(OC)ccc2OC)c1. The van der Waals surface area contributed by atoms with Gasteiger partial charge in [0, 0.05) is 29.5 Å². The minimum Gasteiger partial charge on any atom is -0.497 e. The number of carbonyl (C=O) groups is 1. The first-order chi connectivity index (χ1) is 13.1. The van der Waals surface area contributed by atoms with Gasteiger partial charge in [-0.25, -0.2) is 0 Å². The van der Waals surface area contributed by atoms with E-state index >= 15 is 0 Å². The maximum absolute atomic E-state index is 13.3. The van der Waals surface area contributed by atoms with E-state index in [1.165, 1.54) is 0 Å². The van der Waals surface area contributed by atoms with Crippen LogP contribution in [0.1, 0.15) is 21.3 Å². The van der Waals surface area contributed by atoms with Gasteiger partial charge in [0.05, 0.1) is 28.4 Å². The topological polar surface area (TPSA) is 57.2 Å². The van der Waals surface area contributed by atoms with Crippen LogP contribution in [0, 0.1) is 0 Å². The van der Waals surface area contributed by atoms with E-state index in [1.54, 1.807) is 58.4 Å². The molecule has 1 amide bonds. The minimum absolute atomic E-state index is 0.0768. The Morgan fingerprint density at radius 2 is 1.59 bits per heavy atom. The molecule has 27 heavy (non-hydrogen) atoms. The van der Waals surface area contributed by atoms with Gasteiger partial charge in [0.2, 0.25) is 0 Å². The molecular weight excluding hydrogens is 366 g/mol. The molecule has 3 rings (SSSR count). The Labute approximate surface area is 163 Å². The molecule has 1 fully saturated rings. The van der Waals surface area contributed by atoms with E-state index in [-0.39, 0.29) is 11.3 Å². The van der Waals surface area contributed by atoms with Crippen molar-refractivity contribution in [1.82, 2.24) is 4.90 Å². The van der Waals surface area contributed by atoms with Crippen molar-refractivity contribution in [2.75, 3.05) is 40.7 Å². The van der Waals surface area contributed by atoms with Crippen molar-refractivity contribution < 1.29 is 23.7 Å². The lowest BCUT2D eigenvalue weighted by molar-refractivity contribution is 0.0758. The third kappa shape index (κ3) is 3.93. The van der Waals surface area contributed by atoms with Crippen molar-refractivity contribution in [3.8, 4) is 23.0 Å². The number of methoxy groups -OCH3 is 4. The Morgan fingerprint density at radius 3 is 2.19 bits per heavy atom. The van der Waals surface area contributed by atoms with E-state index in [4.69, 9.17) is 18.9 Å². The lowest BCUT2D eigenvalue weighted by Crippen LogP contribution is -2.30. The van der Waals surface area contributed by atoms with Crippen LogP contribution < -0.4 is 18.9 Å². The number of rotatable bonds is 6. The largest absolute Gasteiger partial charge is 0.497 e. The van der Waals surface area contributed by atoms with Crippen LogP contribution in [0.5, 0.6) is 23.0 Å². The zero-order valence-electron chi connectivity index (χ0n) is 15.9. The third-order valence-electron chi connectivity index (χ3n) is 4.45. The van der Waals surface area contributed by atoms with Crippen molar-refractivity contribution in [2.24, 2.45) is 0 Å². The molecular formula is C20H23NO5S. The molecule has 2 aromatic rings. The highest BCUT2D eigenvalue weighted by atomic mass is 32.2. The van der Waals surface area contributed by atoms with Crippen LogP contribution in [-0.2, 0) is 0 Å². The normalized spacial score (nSPS) is 16.1. The van der Waals surface area contributed by atoms with Crippen LogP contribution in [-0.4, -0.2) is 51.5 Å². The van der Waals surface area contributed by atoms with Crippen molar-refractivity contribution >= 4 is 17.7 Å². The molecule has 0 bridgehead atoms. The molecule has 0 radical (unpaired) electrons. The van der Waals surface area contributed by atoms with Gasteiger partial charge in [-0.1, -0.05) is 0 Å². The standard InChI is InChI=1S/C20H23NO5S/c1-23-14-5-6-18(26-4)17(12-14)20-21(7-8-27-20)19(22)13-9-15(24-2)11-16(10-13)25-3/h5-6,9-12,20H,7-8H2,1-4H3/t20-/m1/s1. The molecule has 1 aliphatic rings. The van der Waals surface area contributed by atoms with Crippen LogP contribution in [0.25, 0.3) is 0 Å². The molecule has 0 aliphatic carbocycles. The second-order valence-corrected chi connectivity index (χ2v) is 7.12. The third-order valence-corrected chi connectivity index (χ3v) is 5.70. The van der Waals surface area contributed by atoms with E-state index in [9.17, 15) is 4.79 Å². The predicted molar refractivity (Wildman–Crippen MR) is 105 cm³/mol. The second-order valence-electron chi connectivity index (χ2n) is 5.93. The summed E-state index contributed by atoms with van der Waals surface area (Å²) in [7, 11) is 6.39. The smallest absolute Gasteiger partial charge is 0.255 e. The first kappa shape index (κ1) is 19.2. The Morgan fingerprint density at radius 1 is 0.926 bits per heavy atom. The molecule has 0 saturated carbocycles. The highest BCUT2D eigenvalue weighted by Gasteiger charge is 2.33. The highest BCUT2D eigenvalue weighted by Crippen LogP contribution is 2.44. The summed E-state index contributed by atoms with van der Waals surface area (Å²) < 4.78 is 21.5. The fourth-order valence-electron chi connectivity index (χ4n) is 3.06. The first-order valence-electron chi connectivity index (χ1n) is 8.48. The van der Waals surface area contributed by atoms with Gasteiger partial charge in [-0.15, -0.1) is 11.8 Å². The van der Waals surface area contributed by atoms with Gasteiger partial charge in [-0.05, 0) is 30.3 Å². The van der Waals surface area contributed by atoms with E-state index in [0.717, 1.165) is 22.8 Å². The van der Waals surface area contributed by atoms with Gasteiger partial charge in [0.25, 0.3) is 5.91 Å². The molecule has 1 heterocycles. The van der Waals surface area contributed by atoms with Gasteiger partial charge >= 0.3 is 0 Å². The van der Waals surface area contributed by atoms with E-state index in [0.29, 0.717) is 23.6 Å². The number of ether oxygens (including phenoxy) is 4. The van der Waals surface area contributed by atoms with Crippen molar-refractivity contribution in [1.29, 1.82) is 0 Å². The Hall–Kier alpha value is -2.54. The van der Waals surface area contributed by atoms with Crippen molar-refractivity contribution in [3.05, 3.63) is 47.5 Å². The van der Waals surface area contributed by atoms with Crippen LogP contribution in [0.3, 0.4) is 0 Å². The number of carbonyl (C=O) groups excluding carboxylic acids is 1. The molecule has 1 aliphatic heterocycles. The van der Waals surface area contributed by atoms with Crippen LogP contribution >= 0.6 is 11.8 Å². The Bertz CT molecular complexity index is 804. The van der Waals surface area contributed by atoms with E-state index in [1.807, 2.05) is 23.1 Å². The monoisotopic (exact) mass is 389 g/mol. The molecule has 0 aromatic heterocycles. The molecule has 6 nitrogen and oxygen atoms in total. The number of amides is 1. The Balaban J connectivity index is 1.96. The van der Waals surface area contributed by atoms with E-state index in [2.05, 4.69) is 0 Å². The lowest BCUT2D eigenvalue weighted by Gasteiger charge is -2.26. The number of hydrogen-bond donors (Lipinski definition) is 0. The highest BCUT2D eigenvalue weighted by molar-refractivity contribution is 7.99. The molecule has 0 N–H and O–H groups in total. The molecule has 0 unspecified atom stereocenters. The van der Waals surface area contributed by atoms with Crippen LogP contribution in [0.4, 0.5) is 0 Å². The molecule has 7 heteroatoms. The summed E-state index contributed by atoms with van der Waals surface area (Å²) >= 11 is 1.70. The molecule has 1 saturated heterocycles. The minimum atomic E-state index is -0.153. The summed E-state index contributed by atoms with van der Waals surface area (Å²) in [6.45, 7) is 0.647. The zero-order valence-corrected chi connectivity index (χ0v) is 16.7. The second kappa shape index (κ2) is 8.43. The van der Waals surface area contributed by atoms with Crippen LogP contribution in [0.15, 0.2) is 36.4 Å². The lowest BCUT2D eigenvalue weighted by atomic mass is 10.1. The van der Waals surface area contributed by atoms with Gasteiger partial charge in [0.15, 0.2) is 0 Å². The van der Waals surface area contributed by atoms with Gasteiger partial charge in [-0.3, -0.25) is 4.79 Å². The van der Waals surface area contributed by atoms with Gasteiger partial charge in [0.1, 0.15) is 28.4 Å². The summed E-state index contributed by atoms with van der Waals surface area (Å²) in [5.74, 6) is 3.40. The maximum atomic E-state index is 13.3. The zero-order chi connectivity index (χ0) is 19.4. The summed E-state index contributed by atoms with van der Waals surface area (Å²) in [6, 6.07) is 10.8. The molecule has 2 aromatic carbocycles. The Kier molecular flexibility index (Phi) is 6.01. The predicted octanol–water partition coefficient (Wildman–Crippen LogP) is 3.61. The average Bonchev–Trinajstić information content (AvgIpc) is 3.21. The average molecular weight is 389 g/mol. The van der Waals surface area contributed by atoms with Crippen molar-refractivity contribution in [3.63, 3.8) is 0 Å². The number of benzene rings is 2. The first-order valence-corrected chi connectivity index (χ1v) is 9.53.